The third kappa shape index (κ3) is 4.52. The Hall–Kier alpha value is -3.44. The van der Waals surface area contributed by atoms with Gasteiger partial charge in [-0.3, -0.25) is 9.78 Å². The highest BCUT2D eigenvalue weighted by molar-refractivity contribution is 7.14. The first-order valence-electron chi connectivity index (χ1n) is 9.82. The van der Waals surface area contributed by atoms with Crippen LogP contribution in [0.15, 0.2) is 42.7 Å². The number of aromatic nitrogens is 3. The Morgan fingerprint density at radius 3 is 2.65 bits per heavy atom. The molecule has 3 heterocycles. The van der Waals surface area contributed by atoms with E-state index in [9.17, 15) is 14.5 Å². The van der Waals surface area contributed by atoms with Gasteiger partial charge in [0.05, 0.1) is 17.9 Å². The molecule has 11 heteroatoms. The molecule has 1 amide bonds. The van der Waals surface area contributed by atoms with Gasteiger partial charge in [0.2, 0.25) is 0 Å². The molecule has 0 aliphatic carbocycles. The molecule has 1 aliphatic rings. The summed E-state index contributed by atoms with van der Waals surface area (Å²) in [4.78, 5) is 21.0. The first kappa shape index (κ1) is 20.8. The molecule has 0 spiro atoms. The highest BCUT2D eigenvalue weighted by Crippen LogP contribution is 2.34. The van der Waals surface area contributed by atoms with Crippen molar-refractivity contribution in [3.8, 4) is 11.6 Å². The van der Waals surface area contributed by atoms with Crippen LogP contribution in [0.4, 0.5) is 17.2 Å². The number of anilines is 3. The fourth-order valence-electron chi connectivity index (χ4n) is 3.40. The smallest absolute Gasteiger partial charge is 0.318 e. The lowest BCUT2D eigenvalue weighted by Crippen LogP contribution is -2.48. The van der Waals surface area contributed by atoms with Gasteiger partial charge >= 0.3 is 5.88 Å². The fraction of sp³-hybridized carbons (Fsp3) is 0.300. The molecule has 0 radical (unpaired) electrons. The van der Waals surface area contributed by atoms with Gasteiger partial charge in [0.15, 0.2) is 16.9 Å². The number of pyridine rings is 1. The number of ether oxygens (including phenoxy) is 1. The number of nitrogens with zero attached hydrogens (tertiary/aromatic N) is 5. The van der Waals surface area contributed by atoms with E-state index in [1.165, 1.54) is 0 Å². The van der Waals surface area contributed by atoms with Crippen LogP contribution < -0.4 is 15.0 Å². The predicted molar refractivity (Wildman–Crippen MR) is 116 cm³/mol. The maximum absolute atomic E-state index is 13.1. The molecule has 162 valence electrons. The number of amides is 1. The van der Waals surface area contributed by atoms with Gasteiger partial charge in [0.25, 0.3) is 11.7 Å². The van der Waals surface area contributed by atoms with E-state index in [1.54, 1.807) is 42.4 Å². The van der Waals surface area contributed by atoms with Crippen LogP contribution in [0, 0.1) is 0 Å². The highest BCUT2D eigenvalue weighted by atomic mass is 32.2. The minimum absolute atomic E-state index is 0.101. The summed E-state index contributed by atoms with van der Waals surface area (Å²) < 4.78 is 24.6. The van der Waals surface area contributed by atoms with Crippen molar-refractivity contribution in [3.63, 3.8) is 0 Å². The number of carbonyl (C=O) groups excluding carboxylic acids is 1. The first-order valence-corrected chi connectivity index (χ1v) is 10.9. The van der Waals surface area contributed by atoms with Crippen molar-refractivity contribution in [2.24, 2.45) is 0 Å². The Morgan fingerprint density at radius 1 is 1.19 bits per heavy atom. The molecule has 1 aliphatic heterocycles. The third-order valence-corrected chi connectivity index (χ3v) is 5.59. The summed E-state index contributed by atoms with van der Waals surface area (Å²) >= 11 is -1.78. The monoisotopic (exact) mass is 442 g/mol. The molecule has 1 unspecified atom stereocenters. The molecule has 10 nitrogen and oxygen atoms in total. The Morgan fingerprint density at radius 2 is 1.94 bits per heavy atom. The van der Waals surface area contributed by atoms with Gasteiger partial charge in [-0.1, -0.05) is 6.07 Å². The zero-order valence-electron chi connectivity index (χ0n) is 16.9. The van der Waals surface area contributed by atoms with Crippen molar-refractivity contribution >= 4 is 34.2 Å². The van der Waals surface area contributed by atoms with Crippen LogP contribution in [-0.2, 0) is 0 Å². The van der Waals surface area contributed by atoms with Crippen molar-refractivity contribution in [1.29, 1.82) is 0 Å². The quantitative estimate of drug-likeness (QED) is 0.437. The van der Waals surface area contributed by atoms with Crippen LogP contribution in [-0.4, -0.2) is 67.0 Å². The molecule has 31 heavy (non-hydrogen) atoms. The first-order chi connectivity index (χ1) is 15.1. The topological polar surface area (TPSA) is 127 Å². The Kier molecular flexibility index (Phi) is 6.14. The number of hydrogen-bond acceptors (Lipinski definition) is 9. The number of aromatic hydroxyl groups is 1. The van der Waals surface area contributed by atoms with E-state index in [2.05, 4.69) is 23.9 Å². The van der Waals surface area contributed by atoms with Gasteiger partial charge in [-0.05, 0) is 31.2 Å². The van der Waals surface area contributed by atoms with Crippen LogP contribution in [0.25, 0.3) is 0 Å². The van der Waals surface area contributed by atoms with Gasteiger partial charge in [0, 0.05) is 53.0 Å². The lowest BCUT2D eigenvalue weighted by atomic mass is 10.1. The van der Waals surface area contributed by atoms with Gasteiger partial charge < -0.3 is 29.5 Å². The standard InChI is InChI=1S/C20H22N6O4S/c1-2-30-19-18(23-31(29)24-19)22-16-5-3-4-15(17(16)27)20(28)26-12-10-25(11-13-26)14-6-8-21-9-7-14/h3-9,27H,2,10-13H2,1H3,(H,22,23). The maximum atomic E-state index is 13.1. The number of para-hydroxylation sites is 1. The van der Waals surface area contributed by atoms with Crippen molar-refractivity contribution in [1.82, 2.24) is 18.6 Å². The number of piperazine rings is 1. The molecular weight excluding hydrogens is 420 g/mol. The zero-order valence-corrected chi connectivity index (χ0v) is 17.7. The maximum Gasteiger partial charge on any atom is 0.318 e. The molecule has 1 atom stereocenters. The van der Waals surface area contributed by atoms with Gasteiger partial charge in [-0.2, -0.15) is 0 Å². The summed E-state index contributed by atoms with van der Waals surface area (Å²) in [7, 11) is 0. The van der Waals surface area contributed by atoms with Crippen LogP contribution in [0.2, 0.25) is 0 Å². The lowest BCUT2D eigenvalue weighted by Gasteiger charge is -2.36. The summed E-state index contributed by atoms with van der Waals surface area (Å²) in [5, 5.41) is 13.6. The van der Waals surface area contributed by atoms with E-state index >= 15 is 0 Å². The number of phenols is 1. The Labute approximate surface area is 182 Å². The number of rotatable bonds is 6. The summed E-state index contributed by atoms with van der Waals surface area (Å²) in [5.41, 5.74) is 1.50. The third-order valence-electron chi connectivity index (χ3n) is 4.93. The minimum atomic E-state index is -1.78. The van der Waals surface area contributed by atoms with Gasteiger partial charge in [-0.15, -0.1) is 0 Å². The summed E-state index contributed by atoms with van der Waals surface area (Å²) in [6.45, 7) is 4.53. The van der Waals surface area contributed by atoms with Crippen molar-refractivity contribution < 1.29 is 19.2 Å². The normalized spacial score (nSPS) is 14.5. The summed E-state index contributed by atoms with van der Waals surface area (Å²) in [6.07, 6.45) is 3.49. The highest BCUT2D eigenvalue weighted by Gasteiger charge is 2.26. The molecule has 1 saturated heterocycles. The van der Waals surface area contributed by atoms with Gasteiger partial charge in [0.1, 0.15) is 0 Å². The molecule has 1 fully saturated rings. The number of benzene rings is 1. The predicted octanol–water partition coefficient (Wildman–Crippen LogP) is 2.41. The Balaban J connectivity index is 1.47. The van der Waals surface area contributed by atoms with Crippen molar-refractivity contribution in [2.75, 3.05) is 43.0 Å². The van der Waals surface area contributed by atoms with E-state index in [4.69, 9.17) is 4.74 Å². The van der Waals surface area contributed by atoms with Crippen molar-refractivity contribution in [2.45, 2.75) is 6.92 Å². The largest absolute Gasteiger partial charge is 0.546 e. The molecule has 0 saturated carbocycles. The van der Waals surface area contributed by atoms with E-state index in [0.29, 0.717) is 32.8 Å². The molecule has 0 bridgehead atoms. The summed E-state index contributed by atoms with van der Waals surface area (Å²) in [5.74, 6) is -0.221. The minimum Gasteiger partial charge on any atom is -0.546 e. The number of carbonyl (C=O) groups is 1. The van der Waals surface area contributed by atoms with E-state index < -0.39 is 11.1 Å². The molecule has 1 aromatic carbocycles. The van der Waals surface area contributed by atoms with Crippen molar-refractivity contribution in [3.05, 3.63) is 48.3 Å². The summed E-state index contributed by atoms with van der Waals surface area (Å²) in [6, 6.07) is 8.71. The molecule has 2 N–H and O–H groups in total. The van der Waals surface area contributed by atoms with Crippen LogP contribution in [0.1, 0.15) is 17.3 Å². The number of phenolic OH excluding ortho intramolecular Hbond substituents is 1. The lowest BCUT2D eigenvalue weighted by molar-refractivity contribution is 0.0744. The average molecular weight is 443 g/mol. The second-order valence-corrected chi connectivity index (χ2v) is 7.64. The average Bonchev–Trinajstić information content (AvgIpc) is 3.14. The van der Waals surface area contributed by atoms with Gasteiger partial charge in [-0.25, -0.2) is 0 Å². The second kappa shape index (κ2) is 9.14. The van der Waals surface area contributed by atoms with Crippen LogP contribution >= 0.6 is 11.1 Å². The van der Waals surface area contributed by atoms with E-state index in [-0.39, 0.29) is 34.6 Å². The zero-order chi connectivity index (χ0) is 21.8. The number of hydrogen-bond donors (Lipinski definition) is 2. The molecular formula is C20H22N6O4S. The van der Waals surface area contributed by atoms with E-state index in [1.807, 2.05) is 12.1 Å². The van der Waals surface area contributed by atoms with Crippen LogP contribution in [0.5, 0.6) is 11.6 Å². The second-order valence-electron chi connectivity index (χ2n) is 6.81. The molecule has 4 rings (SSSR count). The SMILES string of the molecule is CCOc1n[s+]([O-])nc1Nc1cccc(C(=O)N2CCN(c3ccncc3)CC2)c1O. The van der Waals surface area contributed by atoms with Crippen LogP contribution in [0.3, 0.4) is 0 Å². The fourth-order valence-corrected chi connectivity index (χ4v) is 4.00. The molecule has 2 aromatic heterocycles. The number of nitrogens with one attached hydrogen (secondary N) is 1. The van der Waals surface area contributed by atoms with E-state index in [0.717, 1.165) is 5.69 Å². The molecule has 3 aromatic rings. The Bertz CT molecular complexity index is 1050.